The number of imidazole rings is 1. The van der Waals surface area contributed by atoms with Gasteiger partial charge in [0.15, 0.2) is 5.16 Å². The molecule has 1 aromatic heterocycles. The molecule has 184 valence electrons. The van der Waals surface area contributed by atoms with E-state index in [1.807, 2.05) is 0 Å². The van der Waals surface area contributed by atoms with Crippen molar-refractivity contribution in [1.82, 2.24) is 9.55 Å². The standard InChI is InChI=1S/C24H16ClF3N4O3S/c25-17-7-9-18(10-8-17)30-22(33)14-36-23-29-13-21(15-3-1-6-20(11-15)32(34)35)31(23)19-5-2-4-16(12-19)24(26,27)28/h1-13H,14H2,(H,30,33). The van der Waals surface area contributed by atoms with E-state index in [2.05, 4.69) is 10.3 Å². The first-order valence-electron chi connectivity index (χ1n) is 10.3. The molecule has 4 aromatic rings. The Kier molecular flexibility index (Phi) is 7.32. The lowest BCUT2D eigenvalue weighted by Crippen LogP contribution is -2.14. The quantitative estimate of drug-likeness (QED) is 0.160. The maximum atomic E-state index is 13.4. The summed E-state index contributed by atoms with van der Waals surface area (Å²) in [5.41, 5.74) is 0.342. The van der Waals surface area contributed by atoms with Crippen LogP contribution in [-0.4, -0.2) is 26.1 Å². The van der Waals surface area contributed by atoms with E-state index in [1.165, 1.54) is 41.1 Å². The van der Waals surface area contributed by atoms with Crippen molar-refractivity contribution in [2.24, 2.45) is 0 Å². The third-order valence-corrected chi connectivity index (χ3v) is 6.18. The average molecular weight is 533 g/mol. The molecule has 0 spiro atoms. The summed E-state index contributed by atoms with van der Waals surface area (Å²) in [4.78, 5) is 27.5. The molecule has 0 radical (unpaired) electrons. The maximum absolute atomic E-state index is 13.4. The molecule has 1 amide bonds. The molecule has 1 heterocycles. The van der Waals surface area contributed by atoms with Gasteiger partial charge in [0.1, 0.15) is 0 Å². The number of nitro benzene ring substituents is 1. The number of halogens is 4. The summed E-state index contributed by atoms with van der Waals surface area (Å²) >= 11 is 6.86. The maximum Gasteiger partial charge on any atom is 0.416 e. The van der Waals surface area contributed by atoms with Gasteiger partial charge in [-0.1, -0.05) is 41.6 Å². The number of nitrogens with zero attached hydrogens (tertiary/aromatic N) is 3. The molecule has 36 heavy (non-hydrogen) atoms. The molecule has 3 aromatic carbocycles. The van der Waals surface area contributed by atoms with Crippen molar-refractivity contribution >= 4 is 40.6 Å². The number of non-ortho nitro benzene ring substituents is 1. The number of anilines is 1. The van der Waals surface area contributed by atoms with Gasteiger partial charge in [-0.05, 0) is 42.5 Å². The third-order valence-electron chi connectivity index (χ3n) is 4.97. The number of aromatic nitrogens is 2. The Morgan fingerprint density at radius 2 is 1.81 bits per heavy atom. The van der Waals surface area contributed by atoms with Crippen molar-refractivity contribution in [1.29, 1.82) is 0 Å². The van der Waals surface area contributed by atoms with Gasteiger partial charge in [0.25, 0.3) is 5.69 Å². The molecule has 0 aliphatic rings. The highest BCUT2D eigenvalue weighted by Crippen LogP contribution is 2.35. The summed E-state index contributed by atoms with van der Waals surface area (Å²) in [5, 5.41) is 14.7. The van der Waals surface area contributed by atoms with E-state index in [0.29, 0.717) is 22.0 Å². The van der Waals surface area contributed by atoms with E-state index in [4.69, 9.17) is 11.6 Å². The van der Waals surface area contributed by atoms with E-state index >= 15 is 0 Å². The molecule has 0 saturated carbocycles. The number of alkyl halides is 3. The molecule has 4 rings (SSSR count). The molecular formula is C24H16ClF3N4O3S. The number of thioether (sulfide) groups is 1. The number of carbonyl (C=O) groups excluding carboxylic acids is 1. The van der Waals surface area contributed by atoms with Gasteiger partial charge in [-0.25, -0.2) is 4.98 Å². The van der Waals surface area contributed by atoms with E-state index in [0.717, 1.165) is 23.9 Å². The predicted octanol–water partition coefficient (Wildman–Crippen LogP) is 6.85. The second kappa shape index (κ2) is 10.4. The zero-order chi connectivity index (χ0) is 25.9. The van der Waals surface area contributed by atoms with Gasteiger partial charge < -0.3 is 5.32 Å². The smallest absolute Gasteiger partial charge is 0.325 e. The molecule has 0 aliphatic carbocycles. The minimum atomic E-state index is -4.58. The first-order valence-corrected chi connectivity index (χ1v) is 11.7. The Morgan fingerprint density at radius 3 is 2.50 bits per heavy atom. The topological polar surface area (TPSA) is 90.1 Å². The molecule has 0 saturated heterocycles. The number of nitro groups is 1. The zero-order valence-electron chi connectivity index (χ0n) is 18.2. The summed E-state index contributed by atoms with van der Waals surface area (Å²) in [7, 11) is 0. The molecule has 0 bridgehead atoms. The molecule has 0 aliphatic heterocycles. The fourth-order valence-corrected chi connectivity index (χ4v) is 4.27. The van der Waals surface area contributed by atoms with Crippen molar-refractivity contribution < 1.29 is 22.9 Å². The van der Waals surface area contributed by atoms with E-state index in [-0.39, 0.29) is 28.2 Å². The summed E-state index contributed by atoms with van der Waals surface area (Å²) in [6, 6.07) is 16.8. The highest BCUT2D eigenvalue weighted by molar-refractivity contribution is 7.99. The van der Waals surface area contributed by atoms with Gasteiger partial charge in [-0.2, -0.15) is 13.2 Å². The Bertz CT molecular complexity index is 1420. The Morgan fingerprint density at radius 1 is 1.08 bits per heavy atom. The summed E-state index contributed by atoms with van der Waals surface area (Å²) < 4.78 is 41.6. The molecule has 0 atom stereocenters. The van der Waals surface area contributed by atoms with Gasteiger partial charge in [0.05, 0.1) is 28.1 Å². The van der Waals surface area contributed by atoms with Crippen LogP contribution in [0.2, 0.25) is 5.02 Å². The van der Waals surface area contributed by atoms with Gasteiger partial charge in [-0.15, -0.1) is 0 Å². The van der Waals surface area contributed by atoms with Crippen molar-refractivity contribution in [3.8, 4) is 16.9 Å². The summed E-state index contributed by atoms with van der Waals surface area (Å²) in [5.74, 6) is -0.453. The SMILES string of the molecule is O=C(CSc1ncc(-c2cccc([N+](=O)[O-])c2)n1-c1cccc(C(F)(F)F)c1)Nc1ccc(Cl)cc1. The van der Waals surface area contributed by atoms with Crippen molar-refractivity contribution in [2.75, 3.05) is 11.1 Å². The van der Waals surface area contributed by atoms with Crippen LogP contribution in [0.15, 0.2) is 84.1 Å². The minimum absolute atomic E-state index is 0.0903. The fraction of sp³-hybridized carbons (Fsp3) is 0.0833. The molecule has 0 fully saturated rings. The van der Waals surface area contributed by atoms with E-state index < -0.39 is 16.7 Å². The Balaban J connectivity index is 1.69. The highest BCUT2D eigenvalue weighted by atomic mass is 35.5. The van der Waals surface area contributed by atoms with Crippen LogP contribution in [0, 0.1) is 10.1 Å². The first kappa shape index (κ1) is 25.3. The van der Waals surface area contributed by atoms with Crippen LogP contribution in [-0.2, 0) is 11.0 Å². The normalized spacial score (nSPS) is 11.3. The van der Waals surface area contributed by atoms with Crippen LogP contribution in [0.4, 0.5) is 24.5 Å². The lowest BCUT2D eigenvalue weighted by Gasteiger charge is -2.14. The predicted molar refractivity (Wildman–Crippen MR) is 131 cm³/mol. The second-order valence-electron chi connectivity index (χ2n) is 7.46. The molecule has 12 heteroatoms. The van der Waals surface area contributed by atoms with E-state index in [1.54, 1.807) is 30.3 Å². The number of rotatable bonds is 7. The van der Waals surface area contributed by atoms with Crippen LogP contribution in [0.1, 0.15) is 5.56 Å². The van der Waals surface area contributed by atoms with Crippen LogP contribution in [0.3, 0.4) is 0 Å². The minimum Gasteiger partial charge on any atom is -0.325 e. The molecule has 0 unspecified atom stereocenters. The number of benzene rings is 3. The van der Waals surface area contributed by atoms with Crippen molar-refractivity contribution in [2.45, 2.75) is 11.3 Å². The fourth-order valence-electron chi connectivity index (χ4n) is 3.35. The van der Waals surface area contributed by atoms with Gasteiger partial charge in [-0.3, -0.25) is 19.5 Å². The van der Waals surface area contributed by atoms with Crippen LogP contribution >= 0.6 is 23.4 Å². The Labute approximate surface area is 212 Å². The van der Waals surface area contributed by atoms with Crippen LogP contribution in [0.25, 0.3) is 16.9 Å². The lowest BCUT2D eigenvalue weighted by atomic mass is 10.1. The third kappa shape index (κ3) is 5.86. The summed E-state index contributed by atoms with van der Waals surface area (Å²) in [6.45, 7) is 0. The zero-order valence-corrected chi connectivity index (χ0v) is 19.8. The van der Waals surface area contributed by atoms with Crippen LogP contribution < -0.4 is 5.32 Å². The van der Waals surface area contributed by atoms with E-state index in [9.17, 15) is 28.1 Å². The number of hydrogen-bond acceptors (Lipinski definition) is 5. The van der Waals surface area contributed by atoms with Crippen molar-refractivity contribution in [3.05, 3.63) is 99.7 Å². The highest BCUT2D eigenvalue weighted by Gasteiger charge is 2.31. The summed E-state index contributed by atoms with van der Waals surface area (Å²) in [6.07, 6.45) is -3.17. The largest absolute Gasteiger partial charge is 0.416 e. The van der Waals surface area contributed by atoms with Gasteiger partial charge in [0, 0.05) is 34.1 Å². The first-order chi connectivity index (χ1) is 17.1. The van der Waals surface area contributed by atoms with Crippen LogP contribution in [0.5, 0.6) is 0 Å². The molecule has 1 N–H and O–H groups in total. The monoisotopic (exact) mass is 532 g/mol. The van der Waals surface area contributed by atoms with Gasteiger partial charge >= 0.3 is 6.18 Å². The molecular weight excluding hydrogens is 517 g/mol. The molecule has 7 nitrogen and oxygen atoms in total. The number of hydrogen-bond donors (Lipinski definition) is 1. The number of carbonyl (C=O) groups is 1. The number of nitrogens with one attached hydrogen (secondary N) is 1. The Hall–Kier alpha value is -3.83. The van der Waals surface area contributed by atoms with Gasteiger partial charge in [0.2, 0.25) is 5.91 Å². The second-order valence-corrected chi connectivity index (χ2v) is 8.84. The lowest BCUT2D eigenvalue weighted by molar-refractivity contribution is -0.384. The average Bonchev–Trinajstić information content (AvgIpc) is 3.28. The number of amides is 1. The van der Waals surface area contributed by atoms with Crippen molar-refractivity contribution in [3.63, 3.8) is 0 Å².